The number of amides is 2. The molecular formula is C19H26N4O2. The molecule has 4 rings (SSSR count). The van der Waals surface area contributed by atoms with Crippen LogP contribution in [0.3, 0.4) is 0 Å². The fourth-order valence-corrected chi connectivity index (χ4v) is 4.03. The number of nitrogens with zero attached hydrogens (tertiary/aromatic N) is 4. The minimum atomic E-state index is 0.0268. The van der Waals surface area contributed by atoms with Crippen LogP contribution in [-0.4, -0.2) is 70.9 Å². The van der Waals surface area contributed by atoms with E-state index in [0.717, 1.165) is 37.3 Å². The summed E-state index contributed by atoms with van der Waals surface area (Å²) in [5, 5.41) is 3.29. The lowest BCUT2D eigenvalue weighted by Crippen LogP contribution is -2.50. The van der Waals surface area contributed by atoms with E-state index in [-0.39, 0.29) is 11.8 Å². The third kappa shape index (κ3) is 3.55. The summed E-state index contributed by atoms with van der Waals surface area (Å²) in [6, 6.07) is 8.07. The maximum absolute atomic E-state index is 12.7. The molecule has 0 saturated carbocycles. The minimum absolute atomic E-state index is 0.0268. The van der Waals surface area contributed by atoms with Gasteiger partial charge in [0.25, 0.3) is 11.8 Å². The van der Waals surface area contributed by atoms with Crippen molar-refractivity contribution in [3.05, 3.63) is 35.4 Å². The number of hydrazine groups is 1. The normalized spacial score (nSPS) is 22.6. The molecule has 3 aliphatic rings. The van der Waals surface area contributed by atoms with Gasteiger partial charge in [0.2, 0.25) is 0 Å². The van der Waals surface area contributed by atoms with Crippen molar-refractivity contribution in [2.75, 3.05) is 39.3 Å². The number of carbonyl (C=O) groups is 2. The van der Waals surface area contributed by atoms with E-state index in [4.69, 9.17) is 0 Å². The molecule has 2 fully saturated rings. The van der Waals surface area contributed by atoms with Gasteiger partial charge in [0.05, 0.1) is 26.2 Å². The number of piperidine rings is 1. The van der Waals surface area contributed by atoms with E-state index in [1.54, 1.807) is 10.0 Å². The fourth-order valence-electron chi connectivity index (χ4n) is 4.03. The van der Waals surface area contributed by atoms with Gasteiger partial charge in [-0.25, -0.2) is 10.0 Å². The number of likely N-dealkylation sites (tertiary alicyclic amines) is 1. The average Bonchev–Trinajstić information content (AvgIpc) is 2.76. The summed E-state index contributed by atoms with van der Waals surface area (Å²) in [6.45, 7) is 5.68. The number of hydrogen-bond acceptors (Lipinski definition) is 4. The molecule has 3 aliphatic heterocycles. The lowest BCUT2D eigenvalue weighted by molar-refractivity contribution is -0.164. The number of hydrogen-bond donors (Lipinski definition) is 0. The lowest BCUT2D eigenvalue weighted by Gasteiger charge is -2.37. The summed E-state index contributed by atoms with van der Waals surface area (Å²) in [6.07, 6.45) is 3.84. The highest BCUT2D eigenvalue weighted by atomic mass is 16.2. The molecule has 0 atom stereocenters. The van der Waals surface area contributed by atoms with E-state index in [1.165, 1.54) is 19.3 Å². The van der Waals surface area contributed by atoms with Gasteiger partial charge in [-0.15, -0.1) is 0 Å². The Morgan fingerprint density at radius 2 is 1.20 bits per heavy atom. The van der Waals surface area contributed by atoms with Crippen LogP contribution in [0.15, 0.2) is 24.3 Å². The summed E-state index contributed by atoms with van der Waals surface area (Å²) in [5.74, 6) is 0.0537. The zero-order valence-corrected chi connectivity index (χ0v) is 14.7. The number of rotatable bonds is 3. The second-order valence-electron chi connectivity index (χ2n) is 7.28. The molecule has 3 heterocycles. The van der Waals surface area contributed by atoms with E-state index < -0.39 is 0 Å². The topological polar surface area (TPSA) is 47.1 Å². The monoisotopic (exact) mass is 342 g/mol. The highest BCUT2D eigenvalue weighted by molar-refractivity contribution is 5.87. The smallest absolute Gasteiger partial charge is 0.255 e. The molecule has 0 N–H and O–H groups in total. The average molecular weight is 342 g/mol. The second-order valence-corrected chi connectivity index (χ2v) is 7.28. The van der Waals surface area contributed by atoms with Crippen molar-refractivity contribution in [3.8, 4) is 0 Å². The Labute approximate surface area is 148 Å². The zero-order chi connectivity index (χ0) is 17.2. The largest absolute Gasteiger partial charge is 0.302 e. The van der Waals surface area contributed by atoms with Gasteiger partial charge in [-0.1, -0.05) is 30.7 Å². The standard InChI is InChI=1S/C19H26N4O2/c24-18-14-21(11-10-20-8-4-1-5-9-20)15-19(25)23-13-17-7-3-2-6-16(17)12-22(18)23/h2-3,6-7H,1,4-5,8-15H2. The van der Waals surface area contributed by atoms with Gasteiger partial charge in [-0.3, -0.25) is 14.5 Å². The summed E-state index contributed by atoms with van der Waals surface area (Å²) in [4.78, 5) is 30.0. The van der Waals surface area contributed by atoms with Crippen molar-refractivity contribution < 1.29 is 9.59 Å². The molecule has 2 saturated heterocycles. The first-order valence-electron chi connectivity index (χ1n) is 9.33. The molecule has 6 heteroatoms. The first-order chi connectivity index (χ1) is 12.2. The van der Waals surface area contributed by atoms with Crippen molar-refractivity contribution in [1.82, 2.24) is 19.8 Å². The third-order valence-corrected chi connectivity index (χ3v) is 5.52. The van der Waals surface area contributed by atoms with Crippen LogP contribution in [-0.2, 0) is 22.7 Å². The zero-order valence-electron chi connectivity index (χ0n) is 14.7. The Kier molecular flexibility index (Phi) is 4.72. The van der Waals surface area contributed by atoms with Crippen LogP contribution in [0.1, 0.15) is 30.4 Å². The molecule has 0 unspecified atom stereocenters. The molecular weight excluding hydrogens is 316 g/mol. The summed E-state index contributed by atoms with van der Waals surface area (Å²) in [5.41, 5.74) is 2.28. The molecule has 0 aromatic heterocycles. The molecule has 0 radical (unpaired) electrons. The van der Waals surface area contributed by atoms with Crippen LogP contribution in [0.25, 0.3) is 0 Å². The Morgan fingerprint density at radius 3 is 1.76 bits per heavy atom. The van der Waals surface area contributed by atoms with Crippen LogP contribution in [0.5, 0.6) is 0 Å². The molecule has 0 aliphatic carbocycles. The van der Waals surface area contributed by atoms with Gasteiger partial charge >= 0.3 is 0 Å². The second kappa shape index (κ2) is 7.14. The van der Waals surface area contributed by atoms with E-state index >= 15 is 0 Å². The van der Waals surface area contributed by atoms with Gasteiger partial charge in [-0.05, 0) is 37.1 Å². The van der Waals surface area contributed by atoms with Gasteiger partial charge in [0.1, 0.15) is 0 Å². The van der Waals surface area contributed by atoms with Crippen LogP contribution in [0.2, 0.25) is 0 Å². The molecule has 25 heavy (non-hydrogen) atoms. The van der Waals surface area contributed by atoms with Crippen molar-refractivity contribution in [2.24, 2.45) is 0 Å². The van der Waals surface area contributed by atoms with Crippen molar-refractivity contribution >= 4 is 11.8 Å². The van der Waals surface area contributed by atoms with Gasteiger partial charge in [0, 0.05) is 13.1 Å². The van der Waals surface area contributed by atoms with E-state index in [9.17, 15) is 9.59 Å². The quantitative estimate of drug-likeness (QED) is 0.825. The number of fused-ring (bicyclic) bond motifs is 2. The highest BCUT2D eigenvalue weighted by Gasteiger charge is 2.35. The molecule has 0 bridgehead atoms. The highest BCUT2D eigenvalue weighted by Crippen LogP contribution is 2.24. The SMILES string of the molecule is O=C1CN(CCN2CCCCC2)CC(=O)N2Cc3ccccc3CN12. The fraction of sp³-hybridized carbons (Fsp3) is 0.579. The van der Waals surface area contributed by atoms with Gasteiger partial charge in [-0.2, -0.15) is 0 Å². The molecule has 1 aromatic carbocycles. The maximum Gasteiger partial charge on any atom is 0.255 e. The first-order valence-corrected chi connectivity index (χ1v) is 9.33. The minimum Gasteiger partial charge on any atom is -0.302 e. The Balaban J connectivity index is 1.43. The van der Waals surface area contributed by atoms with Crippen LogP contribution < -0.4 is 0 Å². The van der Waals surface area contributed by atoms with Crippen LogP contribution >= 0.6 is 0 Å². The number of benzene rings is 1. The Morgan fingerprint density at radius 1 is 0.680 bits per heavy atom. The maximum atomic E-state index is 12.7. The molecule has 6 nitrogen and oxygen atoms in total. The van der Waals surface area contributed by atoms with E-state index in [1.807, 2.05) is 29.2 Å². The first kappa shape index (κ1) is 16.5. The Bertz CT molecular complexity index is 612. The summed E-state index contributed by atoms with van der Waals surface area (Å²) in [7, 11) is 0. The molecule has 0 spiro atoms. The van der Waals surface area contributed by atoms with Crippen molar-refractivity contribution in [2.45, 2.75) is 32.4 Å². The third-order valence-electron chi connectivity index (χ3n) is 5.52. The predicted octanol–water partition coefficient (Wildman–Crippen LogP) is 1.07. The molecule has 2 amide bonds. The van der Waals surface area contributed by atoms with Crippen molar-refractivity contribution in [1.29, 1.82) is 0 Å². The summed E-state index contributed by atoms with van der Waals surface area (Å²) < 4.78 is 0. The van der Waals surface area contributed by atoms with Crippen LogP contribution in [0.4, 0.5) is 0 Å². The van der Waals surface area contributed by atoms with Crippen molar-refractivity contribution in [3.63, 3.8) is 0 Å². The van der Waals surface area contributed by atoms with Crippen LogP contribution in [0, 0.1) is 0 Å². The number of carbonyl (C=O) groups excluding carboxylic acids is 2. The molecule has 1 aromatic rings. The van der Waals surface area contributed by atoms with E-state index in [2.05, 4.69) is 4.90 Å². The lowest BCUT2D eigenvalue weighted by atomic mass is 10.1. The van der Waals surface area contributed by atoms with Gasteiger partial charge < -0.3 is 4.90 Å². The predicted molar refractivity (Wildman–Crippen MR) is 94.3 cm³/mol. The van der Waals surface area contributed by atoms with E-state index in [0.29, 0.717) is 26.2 Å². The Hall–Kier alpha value is -1.92. The molecule has 134 valence electrons. The summed E-state index contributed by atoms with van der Waals surface area (Å²) >= 11 is 0. The van der Waals surface area contributed by atoms with Gasteiger partial charge in [0.15, 0.2) is 0 Å².